The Labute approximate surface area is 130 Å². The second-order valence-corrected chi connectivity index (χ2v) is 6.37. The van der Waals surface area contributed by atoms with Crippen LogP contribution in [0.15, 0.2) is 22.7 Å². The minimum atomic E-state index is 0.631. The second-order valence-electron chi connectivity index (χ2n) is 5.45. The molecule has 0 radical (unpaired) electrons. The van der Waals surface area contributed by atoms with Gasteiger partial charge in [0.05, 0.1) is 7.11 Å². The van der Waals surface area contributed by atoms with Crippen LogP contribution in [0.2, 0.25) is 0 Å². The van der Waals surface area contributed by atoms with Crippen LogP contribution in [0.3, 0.4) is 0 Å². The molecule has 0 aromatic heterocycles. The molecule has 2 rings (SSSR count). The summed E-state index contributed by atoms with van der Waals surface area (Å²) >= 11 is 3.53. The fourth-order valence-electron chi connectivity index (χ4n) is 2.82. The van der Waals surface area contributed by atoms with Crippen LogP contribution in [0, 0.1) is 0 Å². The molecule has 1 aliphatic rings. The van der Waals surface area contributed by atoms with Gasteiger partial charge in [-0.3, -0.25) is 0 Å². The Balaban J connectivity index is 1.83. The van der Waals surface area contributed by atoms with Crippen LogP contribution >= 0.6 is 15.9 Å². The molecule has 4 heteroatoms. The summed E-state index contributed by atoms with van der Waals surface area (Å²) in [5, 5.41) is 3.67. The molecule has 0 atom stereocenters. The third-order valence-electron chi connectivity index (χ3n) is 3.95. The zero-order chi connectivity index (χ0) is 14.4. The van der Waals surface area contributed by atoms with Gasteiger partial charge >= 0.3 is 0 Å². The molecule has 1 saturated heterocycles. The first kappa shape index (κ1) is 15.8. The minimum absolute atomic E-state index is 0.631. The van der Waals surface area contributed by atoms with Crippen LogP contribution in [0.25, 0.3) is 0 Å². The quantitative estimate of drug-likeness (QED) is 0.858. The third kappa shape index (κ3) is 4.47. The number of nitrogens with zero attached hydrogens (tertiary/aromatic N) is 1. The van der Waals surface area contributed by atoms with E-state index >= 15 is 0 Å². The summed E-state index contributed by atoms with van der Waals surface area (Å²) in [5.41, 5.74) is 1.22. The summed E-state index contributed by atoms with van der Waals surface area (Å²) in [7, 11) is 1.73. The van der Waals surface area contributed by atoms with Gasteiger partial charge < -0.3 is 15.0 Å². The maximum absolute atomic E-state index is 5.42. The van der Waals surface area contributed by atoms with Gasteiger partial charge in [0.15, 0.2) is 0 Å². The number of likely N-dealkylation sites (tertiary alicyclic amines) is 1. The molecule has 1 aromatic rings. The SMILES string of the molecule is CCCN1CCC(NCc2cc(Br)ccc2OC)CC1. The van der Waals surface area contributed by atoms with Crippen LogP contribution in [0.5, 0.6) is 5.75 Å². The van der Waals surface area contributed by atoms with Gasteiger partial charge in [-0.1, -0.05) is 22.9 Å². The maximum Gasteiger partial charge on any atom is 0.123 e. The predicted molar refractivity (Wildman–Crippen MR) is 87.3 cm³/mol. The lowest BCUT2D eigenvalue weighted by Crippen LogP contribution is -2.42. The van der Waals surface area contributed by atoms with Crippen molar-refractivity contribution in [2.75, 3.05) is 26.7 Å². The molecule has 0 amide bonds. The number of rotatable bonds is 6. The fourth-order valence-corrected chi connectivity index (χ4v) is 3.23. The van der Waals surface area contributed by atoms with E-state index < -0.39 is 0 Å². The average Bonchev–Trinajstić information content (AvgIpc) is 2.47. The Morgan fingerprint density at radius 3 is 2.75 bits per heavy atom. The van der Waals surface area contributed by atoms with E-state index in [1.165, 1.54) is 44.5 Å². The Kier molecular flexibility index (Phi) is 6.33. The highest BCUT2D eigenvalue weighted by Gasteiger charge is 2.18. The van der Waals surface area contributed by atoms with Crippen molar-refractivity contribution in [3.05, 3.63) is 28.2 Å². The van der Waals surface area contributed by atoms with Crippen molar-refractivity contribution >= 4 is 15.9 Å². The Morgan fingerprint density at radius 2 is 2.10 bits per heavy atom. The fraction of sp³-hybridized carbons (Fsp3) is 0.625. The van der Waals surface area contributed by atoms with E-state index in [9.17, 15) is 0 Å². The van der Waals surface area contributed by atoms with Gasteiger partial charge in [0, 0.05) is 22.6 Å². The van der Waals surface area contributed by atoms with Crippen molar-refractivity contribution in [1.82, 2.24) is 10.2 Å². The number of ether oxygens (including phenoxy) is 1. The van der Waals surface area contributed by atoms with E-state index in [0.29, 0.717) is 6.04 Å². The van der Waals surface area contributed by atoms with E-state index in [1.807, 2.05) is 12.1 Å². The molecule has 1 fully saturated rings. The lowest BCUT2D eigenvalue weighted by molar-refractivity contribution is 0.197. The highest BCUT2D eigenvalue weighted by Crippen LogP contribution is 2.23. The first-order valence-corrected chi connectivity index (χ1v) is 8.30. The van der Waals surface area contributed by atoms with E-state index in [2.05, 4.69) is 39.1 Å². The summed E-state index contributed by atoms with van der Waals surface area (Å²) in [6.07, 6.45) is 3.75. The summed E-state index contributed by atoms with van der Waals surface area (Å²) in [6.45, 7) is 6.82. The van der Waals surface area contributed by atoms with Crippen molar-refractivity contribution in [2.45, 2.75) is 38.8 Å². The Morgan fingerprint density at radius 1 is 1.35 bits per heavy atom. The van der Waals surface area contributed by atoms with Crippen LogP contribution in [0.1, 0.15) is 31.7 Å². The van der Waals surface area contributed by atoms with Crippen LogP contribution in [-0.4, -0.2) is 37.7 Å². The predicted octanol–water partition coefficient (Wildman–Crippen LogP) is 3.42. The van der Waals surface area contributed by atoms with E-state index in [-0.39, 0.29) is 0 Å². The largest absolute Gasteiger partial charge is 0.496 e. The van der Waals surface area contributed by atoms with Crippen LogP contribution < -0.4 is 10.1 Å². The molecule has 1 aliphatic heterocycles. The summed E-state index contributed by atoms with van der Waals surface area (Å²) in [5.74, 6) is 0.962. The van der Waals surface area contributed by atoms with Gasteiger partial charge in [-0.2, -0.15) is 0 Å². The van der Waals surface area contributed by atoms with Gasteiger partial charge in [0.2, 0.25) is 0 Å². The average molecular weight is 341 g/mol. The number of methoxy groups -OCH3 is 1. The molecule has 1 heterocycles. The normalized spacial score (nSPS) is 17.4. The van der Waals surface area contributed by atoms with Gasteiger partial charge in [-0.25, -0.2) is 0 Å². The Bertz CT molecular complexity index is 417. The van der Waals surface area contributed by atoms with Gasteiger partial charge in [0.1, 0.15) is 5.75 Å². The topological polar surface area (TPSA) is 24.5 Å². The van der Waals surface area contributed by atoms with Crippen molar-refractivity contribution in [3.63, 3.8) is 0 Å². The lowest BCUT2D eigenvalue weighted by atomic mass is 10.0. The number of nitrogens with one attached hydrogen (secondary N) is 1. The summed E-state index contributed by atoms with van der Waals surface area (Å²) in [6, 6.07) is 6.81. The molecule has 1 N–H and O–H groups in total. The molecule has 0 unspecified atom stereocenters. The van der Waals surface area contributed by atoms with Crippen molar-refractivity contribution in [1.29, 1.82) is 0 Å². The molecule has 0 aliphatic carbocycles. The number of benzene rings is 1. The standard InChI is InChI=1S/C16H25BrN2O/c1-3-8-19-9-6-15(7-10-19)18-12-13-11-14(17)4-5-16(13)20-2/h4-5,11,15,18H,3,6-10,12H2,1-2H3. The molecule has 0 bridgehead atoms. The van der Waals surface area contributed by atoms with Crippen LogP contribution in [-0.2, 0) is 6.54 Å². The zero-order valence-corrected chi connectivity index (χ0v) is 14.1. The summed E-state index contributed by atoms with van der Waals surface area (Å²) in [4.78, 5) is 2.57. The number of hydrogen-bond acceptors (Lipinski definition) is 3. The molecule has 3 nitrogen and oxygen atoms in total. The first-order valence-electron chi connectivity index (χ1n) is 7.51. The Hall–Kier alpha value is -0.580. The number of halogens is 1. The number of piperidine rings is 1. The molecular weight excluding hydrogens is 316 g/mol. The lowest BCUT2D eigenvalue weighted by Gasteiger charge is -2.32. The van der Waals surface area contributed by atoms with Gasteiger partial charge in [-0.15, -0.1) is 0 Å². The highest BCUT2D eigenvalue weighted by molar-refractivity contribution is 9.10. The monoisotopic (exact) mass is 340 g/mol. The maximum atomic E-state index is 5.42. The molecule has 20 heavy (non-hydrogen) atoms. The van der Waals surface area contributed by atoms with Crippen LogP contribution in [0.4, 0.5) is 0 Å². The van der Waals surface area contributed by atoms with Crippen molar-refractivity contribution < 1.29 is 4.74 Å². The van der Waals surface area contributed by atoms with E-state index in [0.717, 1.165) is 16.8 Å². The van der Waals surface area contributed by atoms with Gasteiger partial charge in [-0.05, 0) is 57.1 Å². The smallest absolute Gasteiger partial charge is 0.123 e. The second kappa shape index (κ2) is 8.01. The van der Waals surface area contributed by atoms with E-state index in [1.54, 1.807) is 7.11 Å². The minimum Gasteiger partial charge on any atom is -0.496 e. The summed E-state index contributed by atoms with van der Waals surface area (Å²) < 4.78 is 6.52. The number of hydrogen-bond donors (Lipinski definition) is 1. The first-order chi connectivity index (χ1) is 9.72. The molecule has 112 valence electrons. The molecule has 0 spiro atoms. The zero-order valence-electron chi connectivity index (χ0n) is 12.5. The highest BCUT2D eigenvalue weighted by atomic mass is 79.9. The third-order valence-corrected chi connectivity index (χ3v) is 4.44. The van der Waals surface area contributed by atoms with Crippen molar-refractivity contribution in [2.24, 2.45) is 0 Å². The van der Waals surface area contributed by atoms with Gasteiger partial charge in [0.25, 0.3) is 0 Å². The van der Waals surface area contributed by atoms with E-state index in [4.69, 9.17) is 4.74 Å². The van der Waals surface area contributed by atoms with Crippen molar-refractivity contribution in [3.8, 4) is 5.75 Å². The molecular formula is C16H25BrN2O. The molecule has 0 saturated carbocycles. The molecule has 1 aromatic carbocycles.